The summed E-state index contributed by atoms with van der Waals surface area (Å²) in [6.07, 6.45) is 5.42. The second kappa shape index (κ2) is 15.5. The molecule has 0 aliphatic rings. The van der Waals surface area contributed by atoms with Gasteiger partial charge in [-0.15, -0.1) is 0 Å². The summed E-state index contributed by atoms with van der Waals surface area (Å²) in [4.78, 5) is 11.1. The van der Waals surface area contributed by atoms with Gasteiger partial charge in [-0.1, -0.05) is 6.58 Å². The SMILES string of the molecule is C=C(C)C(=O)OCCCCOCCCCOCCCCO. The summed E-state index contributed by atoms with van der Waals surface area (Å²) < 4.78 is 15.9. The highest BCUT2D eigenvalue weighted by atomic mass is 16.5. The number of hydrogen-bond donors (Lipinski definition) is 1. The van der Waals surface area contributed by atoms with Gasteiger partial charge in [0.1, 0.15) is 0 Å². The van der Waals surface area contributed by atoms with Crippen molar-refractivity contribution in [1.29, 1.82) is 0 Å². The molecule has 0 atom stereocenters. The van der Waals surface area contributed by atoms with Crippen LogP contribution in [-0.2, 0) is 19.0 Å². The largest absolute Gasteiger partial charge is 0.462 e. The van der Waals surface area contributed by atoms with E-state index in [1.54, 1.807) is 6.92 Å². The molecule has 0 fully saturated rings. The molecule has 1 N–H and O–H groups in total. The van der Waals surface area contributed by atoms with Crippen molar-refractivity contribution in [1.82, 2.24) is 0 Å². The summed E-state index contributed by atoms with van der Waals surface area (Å²) in [6, 6.07) is 0. The second-order valence-corrected chi connectivity index (χ2v) is 4.99. The molecule has 0 spiro atoms. The Morgan fingerprint density at radius 1 is 0.857 bits per heavy atom. The first kappa shape index (κ1) is 20.1. The first-order chi connectivity index (χ1) is 10.2. The summed E-state index contributed by atoms with van der Waals surface area (Å²) in [5, 5.41) is 8.59. The van der Waals surface area contributed by atoms with Crippen LogP contribution < -0.4 is 0 Å². The van der Waals surface area contributed by atoms with E-state index >= 15 is 0 Å². The minimum Gasteiger partial charge on any atom is -0.462 e. The molecule has 0 unspecified atom stereocenters. The number of aliphatic hydroxyl groups is 1. The van der Waals surface area contributed by atoms with E-state index in [1.807, 2.05) is 0 Å². The van der Waals surface area contributed by atoms with Crippen LogP contribution in [0.15, 0.2) is 12.2 Å². The molecule has 0 amide bonds. The summed E-state index contributed by atoms with van der Waals surface area (Å²) in [5.41, 5.74) is 0.435. The maximum atomic E-state index is 11.1. The molecule has 0 aliphatic carbocycles. The molecule has 5 heteroatoms. The lowest BCUT2D eigenvalue weighted by Gasteiger charge is -2.06. The lowest BCUT2D eigenvalue weighted by molar-refractivity contribution is -0.139. The van der Waals surface area contributed by atoms with Gasteiger partial charge in [-0.25, -0.2) is 4.79 Å². The van der Waals surface area contributed by atoms with E-state index in [2.05, 4.69) is 6.58 Å². The van der Waals surface area contributed by atoms with Crippen molar-refractivity contribution in [2.24, 2.45) is 0 Å². The quantitative estimate of drug-likeness (QED) is 0.286. The van der Waals surface area contributed by atoms with Gasteiger partial charge in [0.25, 0.3) is 0 Å². The van der Waals surface area contributed by atoms with Crippen LogP contribution in [-0.4, -0.2) is 50.7 Å². The Labute approximate surface area is 128 Å². The number of rotatable bonds is 15. The minimum absolute atomic E-state index is 0.240. The van der Waals surface area contributed by atoms with Gasteiger partial charge in [-0.05, 0) is 45.4 Å². The van der Waals surface area contributed by atoms with Gasteiger partial charge < -0.3 is 19.3 Å². The van der Waals surface area contributed by atoms with Gasteiger partial charge >= 0.3 is 5.97 Å². The molecule has 0 aromatic heterocycles. The van der Waals surface area contributed by atoms with E-state index in [0.29, 0.717) is 18.8 Å². The van der Waals surface area contributed by atoms with E-state index in [4.69, 9.17) is 19.3 Å². The van der Waals surface area contributed by atoms with E-state index in [9.17, 15) is 4.79 Å². The van der Waals surface area contributed by atoms with Crippen molar-refractivity contribution in [2.75, 3.05) is 39.6 Å². The van der Waals surface area contributed by atoms with Gasteiger partial charge in [0.05, 0.1) is 6.61 Å². The lowest BCUT2D eigenvalue weighted by Crippen LogP contribution is -2.07. The van der Waals surface area contributed by atoms with E-state index in [1.165, 1.54) is 0 Å². The van der Waals surface area contributed by atoms with E-state index in [-0.39, 0.29) is 12.6 Å². The zero-order valence-corrected chi connectivity index (χ0v) is 13.3. The van der Waals surface area contributed by atoms with Crippen molar-refractivity contribution in [2.45, 2.75) is 45.4 Å². The Balaban J connectivity index is 3.06. The Morgan fingerprint density at radius 2 is 1.29 bits per heavy atom. The lowest BCUT2D eigenvalue weighted by atomic mass is 10.3. The Morgan fingerprint density at radius 3 is 1.71 bits per heavy atom. The highest BCUT2D eigenvalue weighted by Crippen LogP contribution is 1.98. The molecule has 0 aromatic rings. The number of carbonyl (C=O) groups is 1. The molecule has 0 aromatic carbocycles. The molecule has 124 valence electrons. The van der Waals surface area contributed by atoms with Gasteiger partial charge in [-0.3, -0.25) is 0 Å². The van der Waals surface area contributed by atoms with Gasteiger partial charge in [0.2, 0.25) is 0 Å². The summed E-state index contributed by atoms with van der Waals surface area (Å²) in [5.74, 6) is -0.324. The molecular formula is C16H30O5. The molecule has 0 rings (SSSR count). The van der Waals surface area contributed by atoms with Crippen LogP contribution in [0.1, 0.15) is 45.4 Å². The number of carbonyl (C=O) groups excluding carboxylic acids is 1. The normalized spacial score (nSPS) is 10.6. The first-order valence-electron chi connectivity index (χ1n) is 7.77. The highest BCUT2D eigenvalue weighted by molar-refractivity contribution is 5.86. The molecule has 21 heavy (non-hydrogen) atoms. The molecule has 0 bridgehead atoms. The van der Waals surface area contributed by atoms with Gasteiger partial charge in [0, 0.05) is 38.6 Å². The van der Waals surface area contributed by atoms with Crippen LogP contribution in [0.2, 0.25) is 0 Å². The third-order valence-electron chi connectivity index (χ3n) is 2.79. The Hall–Kier alpha value is -0.910. The third-order valence-corrected chi connectivity index (χ3v) is 2.79. The molecule has 0 radical (unpaired) electrons. The fourth-order valence-electron chi connectivity index (χ4n) is 1.52. The Kier molecular flexibility index (Phi) is 14.8. The van der Waals surface area contributed by atoms with E-state index in [0.717, 1.165) is 58.3 Å². The summed E-state index contributed by atoms with van der Waals surface area (Å²) >= 11 is 0. The topological polar surface area (TPSA) is 65.0 Å². The minimum atomic E-state index is -0.324. The molecule has 0 saturated carbocycles. The van der Waals surface area contributed by atoms with Crippen molar-refractivity contribution in [3.63, 3.8) is 0 Å². The van der Waals surface area contributed by atoms with Gasteiger partial charge in [-0.2, -0.15) is 0 Å². The molecule has 0 heterocycles. The molecule has 5 nitrogen and oxygen atoms in total. The zero-order chi connectivity index (χ0) is 15.8. The maximum absolute atomic E-state index is 11.1. The highest BCUT2D eigenvalue weighted by Gasteiger charge is 2.01. The van der Waals surface area contributed by atoms with Crippen molar-refractivity contribution in [3.8, 4) is 0 Å². The number of unbranched alkanes of at least 4 members (excludes halogenated alkanes) is 3. The van der Waals surface area contributed by atoms with Crippen LogP contribution in [0, 0.1) is 0 Å². The molecular weight excluding hydrogens is 272 g/mol. The average Bonchev–Trinajstić information content (AvgIpc) is 2.47. The first-order valence-corrected chi connectivity index (χ1v) is 7.77. The predicted molar refractivity (Wildman–Crippen MR) is 82.2 cm³/mol. The predicted octanol–water partition coefficient (Wildman–Crippen LogP) is 2.47. The van der Waals surface area contributed by atoms with Crippen LogP contribution in [0.25, 0.3) is 0 Å². The summed E-state index contributed by atoms with van der Waals surface area (Å²) in [6.45, 7) is 8.75. The number of ether oxygens (including phenoxy) is 3. The van der Waals surface area contributed by atoms with Crippen LogP contribution in [0.3, 0.4) is 0 Å². The number of aliphatic hydroxyl groups excluding tert-OH is 1. The molecule has 0 aliphatic heterocycles. The fourth-order valence-corrected chi connectivity index (χ4v) is 1.52. The Bertz CT molecular complexity index is 265. The third kappa shape index (κ3) is 15.3. The van der Waals surface area contributed by atoms with Crippen LogP contribution in [0.4, 0.5) is 0 Å². The van der Waals surface area contributed by atoms with Crippen molar-refractivity contribution >= 4 is 5.97 Å². The van der Waals surface area contributed by atoms with E-state index < -0.39 is 0 Å². The second-order valence-electron chi connectivity index (χ2n) is 4.99. The zero-order valence-electron chi connectivity index (χ0n) is 13.3. The smallest absolute Gasteiger partial charge is 0.333 e. The van der Waals surface area contributed by atoms with Gasteiger partial charge in [0.15, 0.2) is 0 Å². The number of hydrogen-bond acceptors (Lipinski definition) is 5. The van der Waals surface area contributed by atoms with Crippen molar-refractivity contribution in [3.05, 3.63) is 12.2 Å². The monoisotopic (exact) mass is 302 g/mol. The van der Waals surface area contributed by atoms with Crippen molar-refractivity contribution < 1.29 is 24.1 Å². The number of esters is 1. The van der Waals surface area contributed by atoms with Crippen LogP contribution >= 0.6 is 0 Å². The standard InChI is InChI=1S/C16H30O5/c1-15(2)16(18)21-14-8-7-13-20-12-6-5-11-19-10-4-3-9-17/h17H,1,3-14H2,2H3. The average molecular weight is 302 g/mol. The summed E-state index contributed by atoms with van der Waals surface area (Å²) in [7, 11) is 0. The fraction of sp³-hybridized carbons (Fsp3) is 0.812. The van der Waals surface area contributed by atoms with Crippen LogP contribution in [0.5, 0.6) is 0 Å². The maximum Gasteiger partial charge on any atom is 0.333 e. The molecule has 0 saturated heterocycles.